The third-order valence-electron chi connectivity index (χ3n) is 2.91. The van der Waals surface area contributed by atoms with Crippen molar-refractivity contribution in [3.05, 3.63) is 53.1 Å². The molecular weight excluding hydrogens is 274 g/mol. The zero-order chi connectivity index (χ0) is 14.4. The smallest absolute Gasteiger partial charge is 0.137 e. The van der Waals surface area contributed by atoms with E-state index in [0.717, 1.165) is 17.0 Å². The molecule has 0 amide bonds. The average molecular weight is 292 g/mol. The first-order valence-electron chi connectivity index (χ1n) is 6.52. The molecule has 2 aromatic carbocycles. The summed E-state index contributed by atoms with van der Waals surface area (Å²) in [6.45, 7) is 3.32. The second-order valence-corrected chi connectivity index (χ2v) is 4.65. The maximum Gasteiger partial charge on any atom is 0.137 e. The summed E-state index contributed by atoms with van der Waals surface area (Å²) in [7, 11) is 1.60. The van der Waals surface area contributed by atoms with Crippen LogP contribution in [0.1, 0.15) is 12.5 Å². The number of halogens is 1. The third-order valence-corrected chi connectivity index (χ3v) is 3.20. The molecule has 2 rings (SSSR count). The van der Waals surface area contributed by atoms with Crippen LogP contribution in [-0.4, -0.2) is 13.7 Å². The maximum absolute atomic E-state index is 6.10. The zero-order valence-corrected chi connectivity index (χ0v) is 12.4. The predicted molar refractivity (Wildman–Crippen MR) is 82.9 cm³/mol. The molecule has 0 aliphatic carbocycles. The normalized spacial score (nSPS) is 10.2. The highest BCUT2D eigenvalue weighted by molar-refractivity contribution is 6.32. The van der Waals surface area contributed by atoms with E-state index in [1.54, 1.807) is 7.11 Å². The number of anilines is 1. The standard InChI is InChI=1S/C16H18ClNO2/c1-3-20-15-7-5-4-6-12(15)11-18-13-8-9-16(19-2)14(17)10-13/h4-10,18H,3,11H2,1-2H3. The van der Waals surface area contributed by atoms with Gasteiger partial charge in [-0.2, -0.15) is 0 Å². The van der Waals surface area contributed by atoms with E-state index >= 15 is 0 Å². The number of hydrogen-bond donors (Lipinski definition) is 1. The van der Waals surface area contributed by atoms with Crippen molar-refractivity contribution >= 4 is 17.3 Å². The Balaban J connectivity index is 2.07. The van der Waals surface area contributed by atoms with Gasteiger partial charge in [-0.1, -0.05) is 29.8 Å². The minimum absolute atomic E-state index is 0.593. The average Bonchev–Trinajstić information content (AvgIpc) is 2.47. The molecule has 20 heavy (non-hydrogen) atoms. The van der Waals surface area contributed by atoms with Crippen LogP contribution in [0.2, 0.25) is 5.02 Å². The molecule has 4 heteroatoms. The van der Waals surface area contributed by atoms with Crippen LogP contribution in [0.4, 0.5) is 5.69 Å². The predicted octanol–water partition coefficient (Wildman–Crippen LogP) is 4.36. The summed E-state index contributed by atoms with van der Waals surface area (Å²) in [4.78, 5) is 0. The largest absolute Gasteiger partial charge is 0.495 e. The summed E-state index contributed by atoms with van der Waals surface area (Å²) in [6, 6.07) is 13.6. The third kappa shape index (κ3) is 3.58. The van der Waals surface area contributed by atoms with Gasteiger partial charge in [0.05, 0.1) is 18.7 Å². The summed E-state index contributed by atoms with van der Waals surface area (Å²) < 4.78 is 10.7. The van der Waals surface area contributed by atoms with Crippen molar-refractivity contribution in [1.29, 1.82) is 0 Å². The van der Waals surface area contributed by atoms with Crippen LogP contribution < -0.4 is 14.8 Å². The molecule has 0 radical (unpaired) electrons. The molecule has 0 saturated heterocycles. The van der Waals surface area contributed by atoms with Gasteiger partial charge >= 0.3 is 0 Å². The Bertz CT molecular complexity index is 572. The van der Waals surface area contributed by atoms with Crippen molar-refractivity contribution in [3.8, 4) is 11.5 Å². The molecule has 0 aromatic heterocycles. The molecule has 0 aliphatic rings. The summed E-state index contributed by atoms with van der Waals surface area (Å²) in [5.41, 5.74) is 2.06. The first-order valence-corrected chi connectivity index (χ1v) is 6.90. The highest BCUT2D eigenvalue weighted by Crippen LogP contribution is 2.28. The van der Waals surface area contributed by atoms with Crippen molar-refractivity contribution < 1.29 is 9.47 Å². The molecule has 0 unspecified atom stereocenters. The highest BCUT2D eigenvalue weighted by Gasteiger charge is 2.04. The van der Waals surface area contributed by atoms with Crippen LogP contribution in [0.5, 0.6) is 11.5 Å². The first-order chi connectivity index (χ1) is 9.74. The van der Waals surface area contributed by atoms with E-state index in [2.05, 4.69) is 5.32 Å². The molecule has 2 aromatic rings. The van der Waals surface area contributed by atoms with Gasteiger partial charge in [0.2, 0.25) is 0 Å². The molecule has 0 fully saturated rings. The topological polar surface area (TPSA) is 30.5 Å². The van der Waals surface area contributed by atoms with Crippen molar-refractivity contribution in [2.24, 2.45) is 0 Å². The van der Waals surface area contributed by atoms with Crippen LogP contribution in [0, 0.1) is 0 Å². The number of nitrogens with one attached hydrogen (secondary N) is 1. The van der Waals surface area contributed by atoms with Crippen LogP contribution in [0.3, 0.4) is 0 Å². The fourth-order valence-corrected chi connectivity index (χ4v) is 2.18. The molecule has 0 aliphatic heterocycles. The van der Waals surface area contributed by atoms with E-state index in [-0.39, 0.29) is 0 Å². The van der Waals surface area contributed by atoms with Crippen molar-refractivity contribution in [2.45, 2.75) is 13.5 Å². The van der Waals surface area contributed by atoms with E-state index in [9.17, 15) is 0 Å². The lowest BCUT2D eigenvalue weighted by molar-refractivity contribution is 0.337. The highest BCUT2D eigenvalue weighted by atomic mass is 35.5. The van der Waals surface area contributed by atoms with Crippen LogP contribution in [0.15, 0.2) is 42.5 Å². The molecule has 3 nitrogen and oxygen atoms in total. The minimum atomic E-state index is 0.593. The molecule has 106 valence electrons. The van der Waals surface area contributed by atoms with E-state index in [1.165, 1.54) is 0 Å². The Hall–Kier alpha value is -1.87. The lowest BCUT2D eigenvalue weighted by atomic mass is 10.2. The molecular formula is C16H18ClNO2. The van der Waals surface area contributed by atoms with Crippen LogP contribution >= 0.6 is 11.6 Å². The zero-order valence-electron chi connectivity index (χ0n) is 11.7. The van der Waals surface area contributed by atoms with E-state index in [1.807, 2.05) is 49.4 Å². The van der Waals surface area contributed by atoms with Gasteiger partial charge in [-0.15, -0.1) is 0 Å². The summed E-state index contributed by atoms with van der Waals surface area (Å²) >= 11 is 6.10. The molecule has 0 bridgehead atoms. The fourth-order valence-electron chi connectivity index (χ4n) is 1.92. The number of para-hydroxylation sites is 1. The number of rotatable bonds is 6. The Labute approximate surface area is 124 Å². The van der Waals surface area contributed by atoms with Crippen LogP contribution in [0.25, 0.3) is 0 Å². The maximum atomic E-state index is 6.10. The molecule has 1 N–H and O–H groups in total. The van der Waals surface area contributed by atoms with E-state index in [4.69, 9.17) is 21.1 Å². The van der Waals surface area contributed by atoms with Crippen molar-refractivity contribution in [3.63, 3.8) is 0 Å². The van der Waals surface area contributed by atoms with Gasteiger partial charge in [-0.25, -0.2) is 0 Å². The van der Waals surface area contributed by atoms with Crippen LogP contribution in [-0.2, 0) is 6.54 Å². The van der Waals surface area contributed by atoms with Crippen molar-refractivity contribution in [1.82, 2.24) is 0 Å². The summed E-state index contributed by atoms with van der Waals surface area (Å²) in [6.07, 6.45) is 0. The van der Waals surface area contributed by atoms with E-state index < -0.39 is 0 Å². The summed E-state index contributed by atoms with van der Waals surface area (Å²) in [5.74, 6) is 1.58. The molecule has 0 atom stereocenters. The second-order valence-electron chi connectivity index (χ2n) is 4.24. The van der Waals surface area contributed by atoms with Gasteiger partial charge in [0.25, 0.3) is 0 Å². The second kappa shape index (κ2) is 7.06. The Morgan fingerprint density at radius 2 is 1.90 bits per heavy atom. The Morgan fingerprint density at radius 1 is 1.10 bits per heavy atom. The van der Waals surface area contributed by atoms with E-state index in [0.29, 0.717) is 23.9 Å². The number of ether oxygens (including phenoxy) is 2. The molecule has 0 saturated carbocycles. The monoisotopic (exact) mass is 291 g/mol. The fraction of sp³-hybridized carbons (Fsp3) is 0.250. The first kappa shape index (κ1) is 14.5. The number of methoxy groups -OCH3 is 1. The van der Waals surface area contributed by atoms with Gasteiger partial charge in [0, 0.05) is 17.8 Å². The van der Waals surface area contributed by atoms with Gasteiger partial charge in [-0.05, 0) is 31.2 Å². The lowest BCUT2D eigenvalue weighted by Crippen LogP contribution is -2.03. The summed E-state index contributed by atoms with van der Waals surface area (Å²) in [5, 5.41) is 3.93. The van der Waals surface area contributed by atoms with Gasteiger partial charge in [0.15, 0.2) is 0 Å². The van der Waals surface area contributed by atoms with Crippen molar-refractivity contribution in [2.75, 3.05) is 19.0 Å². The number of benzene rings is 2. The SMILES string of the molecule is CCOc1ccccc1CNc1ccc(OC)c(Cl)c1. The molecule has 0 heterocycles. The Morgan fingerprint density at radius 3 is 2.60 bits per heavy atom. The lowest BCUT2D eigenvalue weighted by Gasteiger charge is -2.12. The number of hydrogen-bond acceptors (Lipinski definition) is 3. The van der Waals surface area contributed by atoms with Gasteiger partial charge < -0.3 is 14.8 Å². The van der Waals surface area contributed by atoms with Gasteiger partial charge in [-0.3, -0.25) is 0 Å². The molecule has 0 spiro atoms. The van der Waals surface area contributed by atoms with Gasteiger partial charge in [0.1, 0.15) is 11.5 Å². The Kier molecular flexibility index (Phi) is 5.13. The minimum Gasteiger partial charge on any atom is -0.495 e. The quantitative estimate of drug-likeness (QED) is 0.858.